The van der Waals surface area contributed by atoms with Crippen LogP contribution in [0.3, 0.4) is 0 Å². The molecular formula is C20H13ClN2O5S. The lowest BCUT2D eigenvalue weighted by atomic mass is 10.1. The molecule has 3 aromatic carbocycles. The molecule has 9 heteroatoms. The van der Waals surface area contributed by atoms with Gasteiger partial charge in [0.2, 0.25) is 0 Å². The van der Waals surface area contributed by atoms with E-state index in [2.05, 4.69) is 4.72 Å². The van der Waals surface area contributed by atoms with Crippen molar-refractivity contribution in [1.82, 2.24) is 0 Å². The summed E-state index contributed by atoms with van der Waals surface area (Å²) in [5.41, 5.74) is 1.19. The first-order chi connectivity index (χ1) is 13.8. The van der Waals surface area contributed by atoms with Crippen LogP contribution in [-0.4, -0.2) is 13.3 Å². The average molecular weight is 429 g/mol. The molecule has 29 heavy (non-hydrogen) atoms. The van der Waals surface area contributed by atoms with E-state index in [1.54, 1.807) is 30.3 Å². The van der Waals surface area contributed by atoms with Gasteiger partial charge in [-0.25, -0.2) is 8.42 Å². The summed E-state index contributed by atoms with van der Waals surface area (Å²) in [5, 5.41) is 11.7. The van der Waals surface area contributed by atoms with Crippen LogP contribution in [0.4, 0.5) is 11.4 Å². The number of nitrogens with one attached hydrogen (secondary N) is 1. The van der Waals surface area contributed by atoms with Crippen molar-refractivity contribution in [2.45, 2.75) is 4.90 Å². The van der Waals surface area contributed by atoms with Crippen LogP contribution in [0, 0.1) is 10.1 Å². The van der Waals surface area contributed by atoms with Crippen LogP contribution in [-0.2, 0) is 10.0 Å². The summed E-state index contributed by atoms with van der Waals surface area (Å²) in [6.45, 7) is 0. The Hall–Kier alpha value is -3.36. The maximum atomic E-state index is 12.9. The molecule has 0 saturated carbocycles. The SMILES string of the molecule is O=[N+]([O-])c1ccc(S(=O)(=O)Nc2c(-c3ccccc3)oc3ccc(Cl)cc23)cc1. The molecule has 0 atom stereocenters. The second kappa shape index (κ2) is 7.23. The topological polar surface area (TPSA) is 102 Å². The van der Waals surface area contributed by atoms with Crippen molar-refractivity contribution in [1.29, 1.82) is 0 Å². The third-order valence-electron chi connectivity index (χ3n) is 4.28. The van der Waals surface area contributed by atoms with Gasteiger partial charge in [-0.3, -0.25) is 14.8 Å². The van der Waals surface area contributed by atoms with Crippen molar-refractivity contribution >= 4 is 44.0 Å². The minimum atomic E-state index is -4.04. The number of sulfonamides is 1. The first-order valence-electron chi connectivity index (χ1n) is 8.40. The molecule has 1 N–H and O–H groups in total. The number of fused-ring (bicyclic) bond motifs is 1. The molecule has 0 saturated heterocycles. The Balaban J connectivity index is 1.84. The van der Waals surface area contributed by atoms with Crippen molar-refractivity contribution in [2.75, 3.05) is 4.72 Å². The number of non-ortho nitro benzene ring substituents is 1. The molecule has 7 nitrogen and oxygen atoms in total. The molecule has 146 valence electrons. The fourth-order valence-corrected chi connectivity index (χ4v) is 4.16. The van der Waals surface area contributed by atoms with Crippen molar-refractivity contribution < 1.29 is 17.8 Å². The van der Waals surface area contributed by atoms with Gasteiger partial charge in [0.1, 0.15) is 11.3 Å². The standard InChI is InChI=1S/C20H13ClN2O5S/c21-14-6-11-18-17(12-14)19(20(28-18)13-4-2-1-3-5-13)22-29(26,27)16-9-7-15(8-10-16)23(24)25/h1-12,22H. The van der Waals surface area contributed by atoms with E-state index in [0.29, 0.717) is 27.3 Å². The fourth-order valence-electron chi connectivity index (χ4n) is 2.90. The van der Waals surface area contributed by atoms with Crippen LogP contribution in [0.1, 0.15) is 0 Å². The Morgan fingerprint density at radius 2 is 1.66 bits per heavy atom. The lowest BCUT2D eigenvalue weighted by Gasteiger charge is -2.09. The van der Waals surface area contributed by atoms with Crippen LogP contribution >= 0.6 is 11.6 Å². The van der Waals surface area contributed by atoms with Crippen LogP contribution in [0.15, 0.2) is 82.1 Å². The number of benzene rings is 3. The van der Waals surface area contributed by atoms with Gasteiger partial charge >= 0.3 is 0 Å². The number of halogens is 1. The molecule has 0 aliphatic heterocycles. The van der Waals surface area contributed by atoms with Crippen molar-refractivity contribution in [2.24, 2.45) is 0 Å². The Kier molecular flexibility index (Phi) is 4.73. The van der Waals surface area contributed by atoms with Crippen LogP contribution in [0.2, 0.25) is 5.02 Å². The molecule has 0 bridgehead atoms. The smallest absolute Gasteiger partial charge is 0.269 e. The van der Waals surface area contributed by atoms with Gasteiger partial charge in [0, 0.05) is 28.1 Å². The average Bonchev–Trinajstić information content (AvgIpc) is 3.06. The maximum Gasteiger partial charge on any atom is 0.269 e. The normalized spacial score (nSPS) is 11.5. The van der Waals surface area contributed by atoms with Gasteiger partial charge in [0.25, 0.3) is 15.7 Å². The van der Waals surface area contributed by atoms with Gasteiger partial charge in [-0.2, -0.15) is 0 Å². The molecule has 0 spiro atoms. The first kappa shape index (κ1) is 19.0. The number of nitro groups is 1. The summed E-state index contributed by atoms with van der Waals surface area (Å²) in [7, 11) is -4.04. The molecular weight excluding hydrogens is 416 g/mol. The molecule has 1 aromatic heterocycles. The summed E-state index contributed by atoms with van der Waals surface area (Å²) < 4.78 is 34.3. The van der Waals surface area contributed by atoms with Gasteiger partial charge in [-0.05, 0) is 30.3 Å². The second-order valence-corrected chi connectivity index (χ2v) is 8.29. The molecule has 0 fully saturated rings. The van der Waals surface area contributed by atoms with E-state index >= 15 is 0 Å². The molecule has 0 aliphatic rings. The lowest BCUT2D eigenvalue weighted by Crippen LogP contribution is -2.13. The van der Waals surface area contributed by atoms with E-state index in [1.807, 2.05) is 18.2 Å². The Morgan fingerprint density at radius 1 is 0.966 bits per heavy atom. The van der Waals surface area contributed by atoms with E-state index < -0.39 is 14.9 Å². The Bertz CT molecular complexity index is 1320. The van der Waals surface area contributed by atoms with Crippen LogP contribution in [0.5, 0.6) is 0 Å². The minimum absolute atomic E-state index is 0.113. The third-order valence-corrected chi connectivity index (χ3v) is 5.88. The summed E-state index contributed by atoms with van der Waals surface area (Å²) in [6.07, 6.45) is 0. The van der Waals surface area contributed by atoms with Crippen LogP contribution in [0.25, 0.3) is 22.3 Å². The number of rotatable bonds is 5. The van der Waals surface area contributed by atoms with Gasteiger partial charge < -0.3 is 4.42 Å². The highest BCUT2D eigenvalue weighted by molar-refractivity contribution is 7.92. The van der Waals surface area contributed by atoms with E-state index in [-0.39, 0.29) is 16.3 Å². The maximum absolute atomic E-state index is 12.9. The van der Waals surface area contributed by atoms with Crippen molar-refractivity contribution in [3.05, 3.63) is 87.9 Å². The van der Waals surface area contributed by atoms with Gasteiger partial charge in [0.05, 0.1) is 9.82 Å². The van der Waals surface area contributed by atoms with Gasteiger partial charge in [0.15, 0.2) is 5.76 Å². The summed E-state index contributed by atoms with van der Waals surface area (Å²) in [4.78, 5) is 10.1. The largest absolute Gasteiger partial charge is 0.454 e. The number of nitrogens with zero attached hydrogens (tertiary/aromatic N) is 1. The Morgan fingerprint density at radius 3 is 2.31 bits per heavy atom. The highest BCUT2D eigenvalue weighted by Gasteiger charge is 2.23. The molecule has 0 aliphatic carbocycles. The van der Waals surface area contributed by atoms with Crippen molar-refractivity contribution in [3.63, 3.8) is 0 Å². The number of hydrogen-bond donors (Lipinski definition) is 1. The zero-order chi connectivity index (χ0) is 20.6. The molecule has 4 aromatic rings. The predicted molar refractivity (Wildman–Crippen MR) is 111 cm³/mol. The molecule has 0 amide bonds. The van der Waals surface area contributed by atoms with E-state index in [9.17, 15) is 18.5 Å². The van der Waals surface area contributed by atoms with Crippen molar-refractivity contribution in [3.8, 4) is 11.3 Å². The molecule has 0 unspecified atom stereocenters. The quantitative estimate of drug-likeness (QED) is 0.335. The summed E-state index contributed by atoms with van der Waals surface area (Å²) in [5.74, 6) is 0.341. The summed E-state index contributed by atoms with van der Waals surface area (Å²) >= 11 is 6.10. The van der Waals surface area contributed by atoms with E-state index in [1.165, 1.54) is 12.1 Å². The second-order valence-electron chi connectivity index (χ2n) is 6.17. The molecule has 4 rings (SSSR count). The summed E-state index contributed by atoms with van der Waals surface area (Å²) in [6, 6.07) is 18.6. The molecule has 1 heterocycles. The first-order valence-corrected chi connectivity index (χ1v) is 10.3. The fraction of sp³-hybridized carbons (Fsp3) is 0. The van der Waals surface area contributed by atoms with E-state index in [4.69, 9.17) is 16.0 Å². The third kappa shape index (κ3) is 3.67. The minimum Gasteiger partial charge on any atom is -0.454 e. The van der Waals surface area contributed by atoms with Gasteiger partial charge in [-0.15, -0.1) is 0 Å². The molecule has 0 radical (unpaired) electrons. The van der Waals surface area contributed by atoms with Gasteiger partial charge in [-0.1, -0.05) is 41.9 Å². The number of nitro benzene ring substituents is 1. The highest BCUT2D eigenvalue weighted by Crippen LogP contribution is 2.40. The monoisotopic (exact) mass is 428 g/mol. The zero-order valence-electron chi connectivity index (χ0n) is 14.7. The Labute approximate surface area is 170 Å². The lowest BCUT2D eigenvalue weighted by molar-refractivity contribution is -0.384. The number of anilines is 1. The van der Waals surface area contributed by atoms with Crippen LogP contribution < -0.4 is 4.72 Å². The zero-order valence-corrected chi connectivity index (χ0v) is 16.3. The van der Waals surface area contributed by atoms with E-state index in [0.717, 1.165) is 12.1 Å². The number of furan rings is 1. The number of hydrogen-bond acceptors (Lipinski definition) is 5. The predicted octanol–water partition coefficient (Wildman–Crippen LogP) is 5.46. The highest BCUT2D eigenvalue weighted by atomic mass is 35.5.